The van der Waals surface area contributed by atoms with Crippen molar-refractivity contribution in [3.05, 3.63) is 12.2 Å². The van der Waals surface area contributed by atoms with Gasteiger partial charge >= 0.3 is 0 Å². The van der Waals surface area contributed by atoms with E-state index in [1.54, 1.807) is 0 Å². The maximum atomic E-state index is 10.9. The molecule has 0 aliphatic heterocycles. The number of hydrogen-bond donors (Lipinski definition) is 1. The van der Waals surface area contributed by atoms with Gasteiger partial charge < -0.3 is 5.73 Å². The van der Waals surface area contributed by atoms with Crippen LogP contribution in [0.3, 0.4) is 0 Å². The minimum atomic E-state index is -0.145. The van der Waals surface area contributed by atoms with Crippen LogP contribution >= 0.6 is 0 Å². The quantitative estimate of drug-likeness (QED) is 0.478. The van der Waals surface area contributed by atoms with Gasteiger partial charge in [-0.25, -0.2) is 0 Å². The number of carbonyl (C=O) groups is 1. The first-order valence-corrected chi connectivity index (χ1v) is 5.12. The Labute approximate surface area is 81.2 Å². The topological polar surface area (TPSA) is 43.1 Å². The highest BCUT2D eigenvalue weighted by Crippen LogP contribution is 2.12. The lowest BCUT2D eigenvalue weighted by molar-refractivity contribution is -0.122. The number of nitrogens with two attached hydrogens (primary N) is 1. The Morgan fingerprint density at radius 3 is 2.62 bits per heavy atom. The molecule has 0 aromatic rings. The van der Waals surface area contributed by atoms with Crippen LogP contribution in [0, 0.1) is 5.92 Å². The van der Waals surface area contributed by atoms with Crippen LogP contribution in [0.25, 0.3) is 0 Å². The van der Waals surface area contributed by atoms with E-state index in [4.69, 9.17) is 5.73 Å². The van der Waals surface area contributed by atoms with Gasteiger partial charge in [-0.05, 0) is 32.6 Å². The molecule has 1 atom stereocenters. The van der Waals surface area contributed by atoms with Gasteiger partial charge in [0.2, 0.25) is 5.91 Å². The molecule has 0 rings (SSSR count). The second kappa shape index (κ2) is 7.84. The Morgan fingerprint density at radius 1 is 1.46 bits per heavy atom. The number of carbonyl (C=O) groups excluding carboxylic acids is 1. The zero-order valence-corrected chi connectivity index (χ0v) is 8.75. The van der Waals surface area contributed by atoms with E-state index < -0.39 is 0 Å². The fourth-order valence-corrected chi connectivity index (χ4v) is 1.37. The van der Waals surface area contributed by atoms with E-state index in [1.165, 1.54) is 0 Å². The summed E-state index contributed by atoms with van der Waals surface area (Å²) in [6.45, 7) is 4.04. The van der Waals surface area contributed by atoms with Crippen LogP contribution in [0.2, 0.25) is 0 Å². The highest BCUT2D eigenvalue weighted by Gasteiger charge is 2.11. The third-order valence-electron chi connectivity index (χ3n) is 2.30. The molecule has 2 nitrogen and oxygen atoms in total. The summed E-state index contributed by atoms with van der Waals surface area (Å²) in [5, 5.41) is 0. The van der Waals surface area contributed by atoms with Crippen LogP contribution in [0.5, 0.6) is 0 Å². The standard InChI is InChI=1S/C11H21NO/c1-3-5-6-7-8-9-10(4-2)11(12)13/h3,5,10H,4,6-9H2,1-2H3,(H2,12,13)/b5-3+. The molecule has 1 amide bonds. The molecule has 0 fully saturated rings. The molecular weight excluding hydrogens is 162 g/mol. The predicted molar refractivity (Wildman–Crippen MR) is 56.3 cm³/mol. The summed E-state index contributed by atoms with van der Waals surface area (Å²) in [6, 6.07) is 0. The number of primary amides is 1. The van der Waals surface area contributed by atoms with Crippen molar-refractivity contribution >= 4 is 5.91 Å². The monoisotopic (exact) mass is 183 g/mol. The van der Waals surface area contributed by atoms with Crippen molar-refractivity contribution in [3.8, 4) is 0 Å². The van der Waals surface area contributed by atoms with E-state index in [0.29, 0.717) is 0 Å². The minimum Gasteiger partial charge on any atom is -0.369 e. The molecular formula is C11H21NO. The van der Waals surface area contributed by atoms with Crippen LogP contribution in [0.15, 0.2) is 12.2 Å². The highest BCUT2D eigenvalue weighted by molar-refractivity contribution is 5.76. The van der Waals surface area contributed by atoms with Crippen molar-refractivity contribution < 1.29 is 4.79 Å². The Hall–Kier alpha value is -0.790. The van der Waals surface area contributed by atoms with Gasteiger partial charge in [0.15, 0.2) is 0 Å². The normalized spacial score (nSPS) is 13.4. The van der Waals surface area contributed by atoms with Gasteiger partial charge in [0.25, 0.3) is 0 Å². The Kier molecular flexibility index (Phi) is 7.36. The first-order chi connectivity index (χ1) is 6.22. The van der Waals surface area contributed by atoms with Crippen molar-refractivity contribution in [2.75, 3.05) is 0 Å². The second-order valence-corrected chi connectivity index (χ2v) is 3.36. The van der Waals surface area contributed by atoms with E-state index >= 15 is 0 Å². The summed E-state index contributed by atoms with van der Waals surface area (Å²) < 4.78 is 0. The van der Waals surface area contributed by atoms with Gasteiger partial charge in [0, 0.05) is 5.92 Å². The van der Waals surface area contributed by atoms with Crippen LogP contribution < -0.4 is 5.73 Å². The molecule has 0 heterocycles. The number of rotatable bonds is 7. The third-order valence-corrected chi connectivity index (χ3v) is 2.30. The number of hydrogen-bond acceptors (Lipinski definition) is 1. The molecule has 0 spiro atoms. The largest absolute Gasteiger partial charge is 0.369 e. The van der Waals surface area contributed by atoms with Gasteiger partial charge in [-0.3, -0.25) is 4.79 Å². The Bertz CT molecular complexity index is 163. The second-order valence-electron chi connectivity index (χ2n) is 3.36. The molecule has 0 saturated carbocycles. The molecule has 13 heavy (non-hydrogen) atoms. The van der Waals surface area contributed by atoms with Gasteiger partial charge in [-0.15, -0.1) is 0 Å². The molecule has 0 saturated heterocycles. The Balaban J connectivity index is 3.44. The summed E-state index contributed by atoms with van der Waals surface area (Å²) in [4.78, 5) is 10.9. The van der Waals surface area contributed by atoms with Gasteiger partial charge in [0.05, 0.1) is 0 Å². The molecule has 1 unspecified atom stereocenters. The summed E-state index contributed by atoms with van der Waals surface area (Å²) >= 11 is 0. The van der Waals surface area contributed by atoms with Crippen molar-refractivity contribution in [2.45, 2.75) is 46.0 Å². The predicted octanol–water partition coefficient (Wildman–Crippen LogP) is 2.63. The average Bonchev–Trinajstić information content (AvgIpc) is 2.10. The van der Waals surface area contributed by atoms with Crippen molar-refractivity contribution in [1.82, 2.24) is 0 Å². The maximum absolute atomic E-state index is 10.9. The number of unbranched alkanes of at least 4 members (excludes halogenated alkanes) is 2. The van der Waals surface area contributed by atoms with Gasteiger partial charge in [-0.2, -0.15) is 0 Å². The lowest BCUT2D eigenvalue weighted by Crippen LogP contribution is -2.22. The molecule has 0 aromatic carbocycles. The van der Waals surface area contributed by atoms with Crippen LogP contribution in [-0.4, -0.2) is 5.91 Å². The smallest absolute Gasteiger partial charge is 0.220 e. The molecule has 0 aliphatic rings. The molecule has 2 heteroatoms. The first-order valence-electron chi connectivity index (χ1n) is 5.12. The SMILES string of the molecule is C/C=C/CCCCC(CC)C(N)=O. The Morgan fingerprint density at radius 2 is 2.15 bits per heavy atom. The van der Waals surface area contributed by atoms with E-state index in [1.807, 2.05) is 13.8 Å². The minimum absolute atomic E-state index is 0.0885. The molecule has 2 N–H and O–H groups in total. The molecule has 0 bridgehead atoms. The number of amides is 1. The summed E-state index contributed by atoms with van der Waals surface area (Å²) in [6.07, 6.45) is 9.42. The van der Waals surface area contributed by atoms with E-state index in [0.717, 1.165) is 32.1 Å². The van der Waals surface area contributed by atoms with Crippen molar-refractivity contribution in [1.29, 1.82) is 0 Å². The molecule has 0 aliphatic carbocycles. The van der Waals surface area contributed by atoms with E-state index in [-0.39, 0.29) is 11.8 Å². The molecule has 0 aromatic heterocycles. The fourth-order valence-electron chi connectivity index (χ4n) is 1.37. The summed E-state index contributed by atoms with van der Waals surface area (Å²) in [7, 11) is 0. The van der Waals surface area contributed by atoms with Gasteiger partial charge in [0.1, 0.15) is 0 Å². The van der Waals surface area contributed by atoms with Crippen LogP contribution in [0.1, 0.15) is 46.0 Å². The molecule has 76 valence electrons. The molecule has 0 radical (unpaired) electrons. The zero-order valence-electron chi connectivity index (χ0n) is 8.75. The summed E-state index contributed by atoms with van der Waals surface area (Å²) in [5.74, 6) is -0.0564. The third kappa shape index (κ3) is 6.38. The van der Waals surface area contributed by atoms with Gasteiger partial charge in [-0.1, -0.05) is 25.5 Å². The van der Waals surface area contributed by atoms with Crippen molar-refractivity contribution in [2.24, 2.45) is 11.7 Å². The zero-order chi connectivity index (χ0) is 10.1. The lowest BCUT2D eigenvalue weighted by Gasteiger charge is -2.09. The summed E-state index contributed by atoms with van der Waals surface area (Å²) in [5.41, 5.74) is 5.24. The maximum Gasteiger partial charge on any atom is 0.220 e. The van der Waals surface area contributed by atoms with Crippen LogP contribution in [0.4, 0.5) is 0 Å². The van der Waals surface area contributed by atoms with E-state index in [2.05, 4.69) is 12.2 Å². The number of allylic oxidation sites excluding steroid dienone is 2. The van der Waals surface area contributed by atoms with Crippen LogP contribution in [-0.2, 0) is 4.79 Å². The van der Waals surface area contributed by atoms with E-state index in [9.17, 15) is 4.79 Å². The van der Waals surface area contributed by atoms with Crippen molar-refractivity contribution in [3.63, 3.8) is 0 Å². The highest BCUT2D eigenvalue weighted by atomic mass is 16.1. The lowest BCUT2D eigenvalue weighted by atomic mass is 9.98. The first kappa shape index (κ1) is 12.2. The fraction of sp³-hybridized carbons (Fsp3) is 0.727. The average molecular weight is 183 g/mol.